The molecule has 14 rings (SSSR count). The number of carbonyl (C=O) groups is 8. The minimum absolute atomic E-state index is 0.142. The van der Waals surface area contributed by atoms with Crippen LogP contribution in [-0.4, -0.2) is 79.2 Å². The van der Waals surface area contributed by atoms with Gasteiger partial charge in [0.25, 0.3) is 47.3 Å². The third-order valence-corrected chi connectivity index (χ3v) is 20.3. The summed E-state index contributed by atoms with van der Waals surface area (Å²) in [6.07, 6.45) is 22.4. The summed E-state index contributed by atoms with van der Waals surface area (Å²) in [6, 6.07) is 28.4. The second kappa shape index (κ2) is 22.8. The fraction of sp³-hybridized carbons (Fsp3) is 0.368. The largest absolute Gasteiger partial charge is 0.281 e. The molecule has 0 aliphatic carbocycles. The van der Waals surface area contributed by atoms with Gasteiger partial charge in [-0.3, -0.25) is 48.2 Å². The lowest BCUT2D eigenvalue weighted by atomic mass is 9.81. The summed E-state index contributed by atoms with van der Waals surface area (Å²) in [6.45, 7) is 8.74. The first kappa shape index (κ1) is 57.1. The Morgan fingerprint density at radius 3 is 0.614 bits per heavy atom. The molecule has 0 N–H and O–H groups in total. The quantitative estimate of drug-likeness (QED) is 0.0238. The van der Waals surface area contributed by atoms with Crippen LogP contribution in [-0.2, 0) is 0 Å². The van der Waals surface area contributed by atoms with E-state index < -0.39 is 23.6 Å². The Kier molecular flexibility index (Phi) is 14.8. The predicted molar refractivity (Wildman–Crippen MR) is 349 cm³/mol. The van der Waals surface area contributed by atoms with Gasteiger partial charge < -0.3 is 0 Å². The second-order valence-corrected chi connectivity index (χ2v) is 25.5. The molecule has 0 saturated heterocycles. The van der Waals surface area contributed by atoms with Gasteiger partial charge in [0.1, 0.15) is 0 Å². The van der Waals surface area contributed by atoms with Gasteiger partial charge in [-0.05, 0) is 139 Å². The third kappa shape index (κ3) is 8.57. The Labute approximate surface area is 511 Å². The molecule has 0 radical (unpaired) electrons. The van der Waals surface area contributed by atoms with E-state index in [2.05, 4.69) is 27.7 Å². The monoisotopic (exact) mass is 1170 g/mol. The Bertz CT molecular complexity index is 4100. The van der Waals surface area contributed by atoms with Crippen molar-refractivity contribution in [2.24, 2.45) is 0 Å². The molecular formula is C76H74N4O8. The average molecular weight is 1170 g/mol. The van der Waals surface area contributed by atoms with E-state index >= 15 is 19.2 Å². The maximum absolute atomic E-state index is 15.2. The topological polar surface area (TPSA) is 150 Å². The first-order valence-electron chi connectivity index (χ1n) is 32.9. The molecule has 446 valence electrons. The SMILES string of the molecule is CCCCCCCC(CCCCCC)N1C(=O)c2ccc3c4ccc5c6c(ccc(c7ccc(c2c37)C1=O)c64)C(=O)N(N1C(=O)c2ccc3c4ccc6c7c(ccc(c8ccc(c2c38)C1=O)c74)C(=O)N(C(CCCCCC)CCCCCCC)C6=O)C5=O. The zero-order valence-electron chi connectivity index (χ0n) is 51.0. The molecule has 4 heterocycles. The van der Waals surface area contributed by atoms with Crippen LogP contribution in [0.5, 0.6) is 0 Å². The van der Waals surface area contributed by atoms with Crippen molar-refractivity contribution >= 4 is 133 Å². The summed E-state index contributed by atoms with van der Waals surface area (Å²) in [5, 5.41) is 12.2. The smallest absolute Gasteiger partial charge is 0.271 e. The molecule has 2 atom stereocenters. The summed E-state index contributed by atoms with van der Waals surface area (Å²) >= 11 is 0. The normalized spacial score (nSPS) is 15.8. The molecule has 4 aliphatic rings. The van der Waals surface area contributed by atoms with Crippen LogP contribution in [0.15, 0.2) is 97.1 Å². The number of rotatable bonds is 25. The van der Waals surface area contributed by atoms with E-state index in [1.807, 2.05) is 72.8 Å². The average Bonchev–Trinajstić information content (AvgIpc) is 0.965. The molecule has 4 aliphatic heterocycles. The molecule has 0 saturated carbocycles. The highest BCUT2D eigenvalue weighted by Gasteiger charge is 2.47. The van der Waals surface area contributed by atoms with Crippen molar-refractivity contribution in [2.75, 3.05) is 0 Å². The molecule has 0 bridgehead atoms. The van der Waals surface area contributed by atoms with Gasteiger partial charge in [0.2, 0.25) is 0 Å². The molecule has 12 heteroatoms. The van der Waals surface area contributed by atoms with Crippen molar-refractivity contribution in [3.63, 3.8) is 0 Å². The highest BCUT2D eigenvalue weighted by Crippen LogP contribution is 2.50. The first-order chi connectivity index (χ1) is 42.9. The van der Waals surface area contributed by atoms with Crippen LogP contribution < -0.4 is 0 Å². The second-order valence-electron chi connectivity index (χ2n) is 25.5. The summed E-state index contributed by atoms with van der Waals surface area (Å²) in [4.78, 5) is 123. The van der Waals surface area contributed by atoms with Crippen molar-refractivity contribution in [1.29, 1.82) is 0 Å². The van der Waals surface area contributed by atoms with E-state index in [4.69, 9.17) is 0 Å². The van der Waals surface area contributed by atoms with E-state index in [9.17, 15) is 19.2 Å². The van der Waals surface area contributed by atoms with Crippen LogP contribution in [0.1, 0.15) is 252 Å². The molecule has 0 aromatic heterocycles. The molecule has 0 spiro atoms. The van der Waals surface area contributed by atoms with Gasteiger partial charge in [-0.2, -0.15) is 10.0 Å². The summed E-state index contributed by atoms with van der Waals surface area (Å²) < 4.78 is 0. The van der Waals surface area contributed by atoms with Crippen molar-refractivity contribution < 1.29 is 38.4 Å². The number of hydrogen-bond acceptors (Lipinski definition) is 8. The number of hydrazine groups is 1. The van der Waals surface area contributed by atoms with E-state index in [0.717, 1.165) is 195 Å². The van der Waals surface area contributed by atoms with Crippen LogP contribution in [0, 0.1) is 0 Å². The first-order valence-corrected chi connectivity index (χ1v) is 32.9. The maximum Gasteiger partial charge on any atom is 0.281 e. The molecule has 88 heavy (non-hydrogen) atoms. The number of unbranched alkanes of at least 4 members (excludes halogenated alkanes) is 14. The molecule has 0 fully saturated rings. The highest BCUT2D eigenvalue weighted by molar-refractivity contribution is 6.44. The Morgan fingerprint density at radius 2 is 0.409 bits per heavy atom. The van der Waals surface area contributed by atoms with Crippen molar-refractivity contribution in [1.82, 2.24) is 19.8 Å². The van der Waals surface area contributed by atoms with Crippen LogP contribution in [0.25, 0.3) is 86.2 Å². The van der Waals surface area contributed by atoms with Crippen molar-refractivity contribution in [3.05, 3.63) is 142 Å². The molecule has 10 aromatic rings. The molecule has 8 amide bonds. The fourth-order valence-electron chi connectivity index (χ4n) is 16.0. The Balaban J connectivity index is 0.802. The van der Waals surface area contributed by atoms with Gasteiger partial charge in [0.15, 0.2) is 0 Å². The number of imide groups is 4. The summed E-state index contributed by atoms with van der Waals surface area (Å²) in [5.74, 6) is -4.42. The molecular weight excluding hydrogens is 1100 g/mol. The summed E-state index contributed by atoms with van der Waals surface area (Å²) in [7, 11) is 0. The van der Waals surface area contributed by atoms with Gasteiger partial charge >= 0.3 is 0 Å². The summed E-state index contributed by atoms with van der Waals surface area (Å²) in [5.41, 5.74) is 2.51. The van der Waals surface area contributed by atoms with E-state index in [1.54, 1.807) is 34.1 Å². The van der Waals surface area contributed by atoms with E-state index in [0.29, 0.717) is 64.6 Å². The highest BCUT2D eigenvalue weighted by atomic mass is 16.2. The van der Waals surface area contributed by atoms with Gasteiger partial charge in [0.05, 0.1) is 22.3 Å². The number of hydrogen-bond donors (Lipinski definition) is 0. The number of fused-ring (bicyclic) bond motifs is 4. The van der Waals surface area contributed by atoms with Crippen LogP contribution in [0.2, 0.25) is 0 Å². The Hall–Kier alpha value is -8.64. The zero-order chi connectivity index (χ0) is 60.8. The minimum atomic E-state index is -0.829. The fourth-order valence-corrected chi connectivity index (χ4v) is 16.0. The predicted octanol–water partition coefficient (Wildman–Crippen LogP) is 18.2. The lowest BCUT2D eigenvalue weighted by Gasteiger charge is -2.37. The van der Waals surface area contributed by atoms with Crippen LogP contribution in [0.4, 0.5) is 0 Å². The van der Waals surface area contributed by atoms with E-state index in [1.165, 1.54) is 0 Å². The van der Waals surface area contributed by atoms with Gasteiger partial charge in [-0.1, -0.05) is 192 Å². The number of benzene rings is 10. The number of carbonyl (C=O) groups excluding carboxylic acids is 8. The molecule has 2 unspecified atom stereocenters. The van der Waals surface area contributed by atoms with Gasteiger partial charge in [-0.15, -0.1) is 0 Å². The lowest BCUT2D eigenvalue weighted by Crippen LogP contribution is -2.58. The third-order valence-electron chi connectivity index (χ3n) is 20.3. The maximum atomic E-state index is 15.2. The molecule has 10 aromatic carbocycles. The lowest BCUT2D eigenvalue weighted by molar-refractivity contribution is 0.00213. The number of nitrogens with zero attached hydrogens (tertiary/aromatic N) is 4. The van der Waals surface area contributed by atoms with Crippen molar-refractivity contribution in [3.8, 4) is 0 Å². The standard InChI is InChI=1S/C76H74N4O8/c1-5-9-13-17-21-25-43(23-19-15-11-7-3)77-69(81)53-35-27-45-49-31-39-57-67-58(40-32-50(63(49)67)46-28-36-54(70(77)82)65(53)61(45)46)74(86)79(73(57)85)80-75(87)59-41-33-51-47-29-37-55-66-56(38-30-48(62(47)66)52-34-42-60(76(80)88)68(59)64(51)52)72(84)78(71(55)83)44(24-20-16-12-8-4)26-22-18-14-10-6-2/h27-44H,5-26H2,1-4H3. The van der Waals surface area contributed by atoms with Gasteiger partial charge in [-0.25, -0.2) is 0 Å². The minimum Gasteiger partial charge on any atom is -0.271 e. The van der Waals surface area contributed by atoms with Crippen LogP contribution in [0.3, 0.4) is 0 Å². The zero-order valence-corrected chi connectivity index (χ0v) is 51.0. The number of amides is 8. The molecule has 12 nitrogen and oxygen atoms in total. The van der Waals surface area contributed by atoms with Crippen molar-refractivity contribution in [2.45, 2.75) is 181 Å². The van der Waals surface area contributed by atoms with Crippen LogP contribution >= 0.6 is 0 Å². The van der Waals surface area contributed by atoms with Gasteiger partial charge in [0, 0.05) is 55.9 Å². The van der Waals surface area contributed by atoms with E-state index in [-0.39, 0.29) is 58.0 Å². The Morgan fingerprint density at radius 1 is 0.227 bits per heavy atom.